The van der Waals surface area contributed by atoms with Crippen LogP contribution in [0, 0.1) is 5.92 Å². The summed E-state index contributed by atoms with van der Waals surface area (Å²) in [4.78, 5) is 74.4. The summed E-state index contributed by atoms with van der Waals surface area (Å²) in [5.74, 6) is 1.27. The highest BCUT2D eigenvalue weighted by molar-refractivity contribution is 5.94. The van der Waals surface area contributed by atoms with Gasteiger partial charge in [-0.3, -0.25) is 29.2 Å². The number of carbonyl (C=O) groups is 2. The number of benzene rings is 1. The van der Waals surface area contributed by atoms with Gasteiger partial charge < -0.3 is 33.9 Å². The normalized spacial score (nSPS) is 16.8. The third-order valence-corrected chi connectivity index (χ3v) is 13.2. The van der Waals surface area contributed by atoms with Gasteiger partial charge in [-0.25, -0.2) is 15.0 Å². The monoisotopic (exact) mass is 880 g/mol. The number of anilines is 1. The van der Waals surface area contributed by atoms with Crippen molar-refractivity contribution in [2.24, 2.45) is 5.92 Å². The van der Waals surface area contributed by atoms with Gasteiger partial charge in [0.05, 0.1) is 35.8 Å². The molecule has 3 aliphatic rings. The molecule has 1 aromatic carbocycles. The Morgan fingerprint density at radius 3 is 2.25 bits per heavy atom. The number of aromatic nitrogens is 6. The number of aromatic amines is 1. The van der Waals surface area contributed by atoms with E-state index in [0.29, 0.717) is 55.6 Å². The number of nitrogens with zero attached hydrogens (tertiary/aromatic N) is 11. The van der Waals surface area contributed by atoms with Crippen molar-refractivity contribution in [2.45, 2.75) is 39.3 Å². The number of imidazole rings is 1. The molecule has 0 atom stereocenters. The molecule has 0 aliphatic carbocycles. The highest BCUT2D eigenvalue weighted by atomic mass is 16.5. The molecule has 5 aromatic heterocycles. The van der Waals surface area contributed by atoms with Crippen molar-refractivity contribution in [3.63, 3.8) is 0 Å². The number of rotatable bonds is 14. The molecule has 0 unspecified atom stereocenters. The average molecular weight is 881 g/mol. The number of likely N-dealkylation sites (tertiary alicyclic amines) is 1. The highest BCUT2D eigenvalue weighted by Gasteiger charge is 2.29. The summed E-state index contributed by atoms with van der Waals surface area (Å²) in [5, 5.41) is 0. The average Bonchev–Trinajstić information content (AvgIpc) is 3.73. The summed E-state index contributed by atoms with van der Waals surface area (Å²) >= 11 is 0. The van der Waals surface area contributed by atoms with Crippen LogP contribution in [-0.2, 0) is 19.5 Å². The Morgan fingerprint density at radius 1 is 0.754 bits per heavy atom. The minimum atomic E-state index is -0.0556. The third-order valence-electron chi connectivity index (χ3n) is 13.2. The second-order valence-electron chi connectivity index (χ2n) is 17.9. The molecule has 16 heteroatoms. The van der Waals surface area contributed by atoms with E-state index in [4.69, 9.17) is 9.72 Å². The number of ether oxygens (including phenoxy) is 1. The Hall–Kier alpha value is -6.23. The number of para-hydroxylation sites is 1. The van der Waals surface area contributed by atoms with Crippen LogP contribution < -0.4 is 15.2 Å². The smallest absolute Gasteiger partial charge is 0.272 e. The van der Waals surface area contributed by atoms with Crippen molar-refractivity contribution >= 4 is 39.7 Å². The largest absolute Gasteiger partial charge is 0.492 e. The topological polar surface area (TPSA) is 152 Å². The Labute approximate surface area is 379 Å². The summed E-state index contributed by atoms with van der Waals surface area (Å²) in [7, 11) is 4.05. The summed E-state index contributed by atoms with van der Waals surface area (Å²) in [6.07, 6.45) is 8.10. The molecule has 1 N–H and O–H groups in total. The summed E-state index contributed by atoms with van der Waals surface area (Å²) in [6, 6.07) is 19.5. The van der Waals surface area contributed by atoms with Crippen LogP contribution in [0.1, 0.15) is 57.4 Å². The van der Waals surface area contributed by atoms with Crippen molar-refractivity contribution in [1.82, 2.24) is 54.0 Å². The molecule has 3 saturated heterocycles. The van der Waals surface area contributed by atoms with Crippen molar-refractivity contribution < 1.29 is 14.3 Å². The van der Waals surface area contributed by atoms with Crippen molar-refractivity contribution in [1.29, 1.82) is 0 Å². The highest BCUT2D eigenvalue weighted by Crippen LogP contribution is 2.25. The fraction of sp³-hybridized carbons (Fsp3) is 0.449. The molecule has 9 rings (SSSR count). The first kappa shape index (κ1) is 44.0. The Bertz CT molecular complexity index is 2660. The SMILES string of the molecule is CCc1cc2ncc(CN3CCN(c4ccc(C(=O)N5CCC(CN6CCN(C(=O)c7ccc8ncn(Cc9ccccc9OCCN(C)C)c8n7)CC6)CC5)nc4)CC3)cc2[nH]c1=O. The maximum absolute atomic E-state index is 13.7. The molecule has 0 spiro atoms. The van der Waals surface area contributed by atoms with Crippen LogP contribution in [0.4, 0.5) is 5.69 Å². The minimum Gasteiger partial charge on any atom is -0.492 e. The zero-order chi connectivity index (χ0) is 44.9. The van der Waals surface area contributed by atoms with Crippen LogP contribution in [0.25, 0.3) is 22.2 Å². The van der Waals surface area contributed by atoms with E-state index in [9.17, 15) is 14.4 Å². The molecule has 65 heavy (non-hydrogen) atoms. The molecule has 0 radical (unpaired) electrons. The zero-order valence-electron chi connectivity index (χ0n) is 37.9. The van der Waals surface area contributed by atoms with E-state index in [-0.39, 0.29) is 17.4 Å². The molecule has 2 amide bonds. The van der Waals surface area contributed by atoms with E-state index in [0.717, 1.165) is 130 Å². The lowest BCUT2D eigenvalue weighted by atomic mass is 9.95. The number of hydrogen-bond acceptors (Lipinski definition) is 12. The van der Waals surface area contributed by atoms with Crippen molar-refractivity contribution in [3.8, 4) is 5.75 Å². The van der Waals surface area contributed by atoms with Crippen molar-refractivity contribution in [3.05, 3.63) is 118 Å². The first-order valence-corrected chi connectivity index (χ1v) is 23.1. The standard InChI is InChI=1S/C49H60N12O4/c1-4-37-28-43-44(54-47(37)62)27-36(29-50-43)32-57-17-21-58(22-18-57)39-9-10-41(51-30-39)48(63)59-15-13-35(14-16-59)31-56-19-23-60(24-20-56)49(64)42-12-11-40-46(53-42)61(34-52-40)33-38-7-5-6-8-45(38)65-26-25-55(2)3/h5-12,27-30,34-35H,4,13-26,31-33H2,1-3H3,(H,54,62). The first-order chi connectivity index (χ1) is 31.7. The van der Waals surface area contributed by atoms with Crippen LogP contribution in [0.3, 0.4) is 0 Å². The fourth-order valence-electron chi connectivity index (χ4n) is 9.25. The third kappa shape index (κ3) is 10.3. The number of hydrogen-bond donors (Lipinski definition) is 1. The van der Waals surface area contributed by atoms with E-state index >= 15 is 0 Å². The van der Waals surface area contributed by atoms with Gasteiger partial charge >= 0.3 is 0 Å². The van der Waals surface area contributed by atoms with Gasteiger partial charge in [0.25, 0.3) is 17.4 Å². The van der Waals surface area contributed by atoms with Gasteiger partial charge in [-0.2, -0.15) is 0 Å². The molecule has 8 heterocycles. The predicted molar refractivity (Wildman–Crippen MR) is 252 cm³/mol. The van der Waals surface area contributed by atoms with Gasteiger partial charge in [0, 0.05) is 102 Å². The van der Waals surface area contributed by atoms with Gasteiger partial charge in [0.2, 0.25) is 0 Å². The maximum Gasteiger partial charge on any atom is 0.272 e. The minimum absolute atomic E-state index is 0.00695. The predicted octanol–water partition coefficient (Wildman–Crippen LogP) is 4.25. The Kier molecular flexibility index (Phi) is 13.5. The van der Waals surface area contributed by atoms with Gasteiger partial charge in [0.1, 0.15) is 29.3 Å². The van der Waals surface area contributed by atoms with E-state index in [1.807, 2.05) is 96.3 Å². The fourth-order valence-corrected chi connectivity index (χ4v) is 9.25. The lowest BCUT2D eigenvalue weighted by molar-refractivity contribution is 0.0556. The summed E-state index contributed by atoms with van der Waals surface area (Å²) < 4.78 is 8.08. The number of aryl methyl sites for hydroxylation is 1. The van der Waals surface area contributed by atoms with E-state index in [1.165, 1.54) is 0 Å². The second-order valence-corrected chi connectivity index (χ2v) is 17.9. The first-order valence-electron chi connectivity index (χ1n) is 23.1. The van der Waals surface area contributed by atoms with Crippen LogP contribution in [0.5, 0.6) is 5.75 Å². The molecule has 6 aromatic rings. The van der Waals surface area contributed by atoms with E-state index < -0.39 is 0 Å². The quantitative estimate of drug-likeness (QED) is 0.167. The second kappa shape index (κ2) is 19.9. The van der Waals surface area contributed by atoms with Gasteiger partial charge in [-0.1, -0.05) is 25.1 Å². The number of fused-ring (bicyclic) bond motifs is 2. The number of H-pyrrole nitrogens is 1. The molecule has 0 bridgehead atoms. The number of carbonyl (C=O) groups excluding carboxylic acids is 2. The van der Waals surface area contributed by atoms with Gasteiger partial charge in [-0.05, 0) is 87.3 Å². The van der Waals surface area contributed by atoms with E-state index in [1.54, 1.807) is 12.4 Å². The molecular formula is C49H60N12O4. The molecule has 340 valence electrons. The number of piperidine rings is 1. The lowest BCUT2D eigenvalue weighted by Crippen LogP contribution is -2.50. The zero-order valence-corrected chi connectivity index (χ0v) is 37.9. The summed E-state index contributed by atoms with van der Waals surface area (Å²) in [5.41, 5.74) is 7.79. The molecule has 3 aliphatic heterocycles. The van der Waals surface area contributed by atoms with Gasteiger partial charge in [-0.15, -0.1) is 0 Å². The molecule has 0 saturated carbocycles. The van der Waals surface area contributed by atoms with Gasteiger partial charge in [0.15, 0.2) is 5.65 Å². The van der Waals surface area contributed by atoms with Crippen LogP contribution in [0.15, 0.2) is 84.2 Å². The number of amides is 2. The molecular weight excluding hydrogens is 821 g/mol. The summed E-state index contributed by atoms with van der Waals surface area (Å²) in [6.45, 7) is 13.5. The maximum atomic E-state index is 13.7. The Balaban J connectivity index is 0.705. The Morgan fingerprint density at radius 2 is 1.49 bits per heavy atom. The van der Waals surface area contributed by atoms with E-state index in [2.05, 4.69) is 45.6 Å². The number of piperazine rings is 2. The van der Waals surface area contributed by atoms with Crippen LogP contribution in [0.2, 0.25) is 0 Å². The lowest BCUT2D eigenvalue weighted by Gasteiger charge is -2.38. The van der Waals surface area contributed by atoms with Crippen LogP contribution >= 0.6 is 0 Å². The van der Waals surface area contributed by atoms with Crippen molar-refractivity contribution in [2.75, 3.05) is 104 Å². The number of pyridine rings is 4. The number of likely N-dealkylation sites (N-methyl/N-ethyl adjacent to an activating group) is 1. The molecule has 3 fully saturated rings. The van der Waals surface area contributed by atoms with Crippen LogP contribution in [-0.4, -0.2) is 165 Å². The number of nitrogens with one attached hydrogen (secondary N) is 1. The molecule has 16 nitrogen and oxygen atoms in total.